The lowest BCUT2D eigenvalue weighted by atomic mass is 10.1. The van der Waals surface area contributed by atoms with Crippen LogP contribution in [0.5, 0.6) is 0 Å². The Morgan fingerprint density at radius 1 is 1.04 bits per heavy atom. The van der Waals surface area contributed by atoms with E-state index in [-0.39, 0.29) is 18.4 Å². The van der Waals surface area contributed by atoms with Gasteiger partial charge in [0.05, 0.1) is 6.54 Å². The van der Waals surface area contributed by atoms with Crippen LogP contribution in [-0.2, 0) is 11.2 Å². The van der Waals surface area contributed by atoms with Gasteiger partial charge in [0.2, 0.25) is 5.91 Å². The van der Waals surface area contributed by atoms with Gasteiger partial charge in [-0.05, 0) is 55.2 Å². The molecule has 4 nitrogen and oxygen atoms in total. The minimum Gasteiger partial charge on any atom is -0.332 e. The first-order chi connectivity index (χ1) is 11.4. The summed E-state index contributed by atoms with van der Waals surface area (Å²) in [5.74, 6) is -0.354. The molecule has 0 fully saturated rings. The summed E-state index contributed by atoms with van der Waals surface area (Å²) in [6.07, 6.45) is 0.841. The largest absolute Gasteiger partial charge is 0.332 e. The van der Waals surface area contributed by atoms with Gasteiger partial charge in [0.15, 0.2) is 0 Å². The highest BCUT2D eigenvalue weighted by Crippen LogP contribution is 2.16. The summed E-state index contributed by atoms with van der Waals surface area (Å²) in [6.45, 7) is 6.04. The number of amides is 2. The molecule has 0 bridgehead atoms. The molecule has 24 heavy (non-hydrogen) atoms. The van der Waals surface area contributed by atoms with Crippen molar-refractivity contribution in [3.8, 4) is 0 Å². The van der Waals surface area contributed by atoms with Crippen molar-refractivity contribution in [3.05, 3.63) is 64.7 Å². The summed E-state index contributed by atoms with van der Waals surface area (Å²) in [6, 6.07) is 13.3. The Morgan fingerprint density at radius 2 is 1.75 bits per heavy atom. The number of aryl methyl sites for hydroxylation is 3. The molecule has 0 aliphatic heterocycles. The SMILES string of the molecule is CCc1ccccc1NC(=O)CN(C)C(=O)c1ccc(C)c(C)c1. The van der Waals surface area contributed by atoms with E-state index in [1.165, 1.54) is 4.90 Å². The summed E-state index contributed by atoms with van der Waals surface area (Å²) < 4.78 is 0. The van der Waals surface area contributed by atoms with Crippen LogP contribution in [0.15, 0.2) is 42.5 Å². The Kier molecular flexibility index (Phi) is 5.74. The molecule has 0 atom stereocenters. The summed E-state index contributed by atoms with van der Waals surface area (Å²) >= 11 is 0. The Morgan fingerprint density at radius 3 is 2.42 bits per heavy atom. The topological polar surface area (TPSA) is 49.4 Å². The lowest BCUT2D eigenvalue weighted by Crippen LogP contribution is -2.35. The number of rotatable bonds is 5. The van der Waals surface area contributed by atoms with E-state index < -0.39 is 0 Å². The number of nitrogens with zero attached hydrogens (tertiary/aromatic N) is 1. The zero-order valence-electron chi connectivity index (χ0n) is 14.7. The van der Waals surface area contributed by atoms with Gasteiger partial charge in [-0.1, -0.05) is 31.2 Å². The molecule has 0 aliphatic carbocycles. The normalized spacial score (nSPS) is 10.3. The molecule has 0 spiro atoms. The standard InChI is InChI=1S/C20H24N2O2/c1-5-16-8-6-7-9-18(16)21-19(23)13-22(4)20(24)17-11-10-14(2)15(3)12-17/h6-12H,5,13H2,1-4H3,(H,21,23). The Hall–Kier alpha value is -2.62. The molecule has 4 heteroatoms. The molecule has 0 saturated heterocycles. The van der Waals surface area contributed by atoms with Crippen molar-refractivity contribution in [1.82, 2.24) is 4.90 Å². The fourth-order valence-corrected chi connectivity index (χ4v) is 2.52. The third-order valence-electron chi connectivity index (χ3n) is 4.15. The monoisotopic (exact) mass is 324 g/mol. The van der Waals surface area contributed by atoms with Crippen molar-refractivity contribution in [1.29, 1.82) is 0 Å². The molecule has 0 radical (unpaired) electrons. The molecule has 1 N–H and O–H groups in total. The molecular weight excluding hydrogens is 300 g/mol. The third-order valence-corrected chi connectivity index (χ3v) is 4.15. The van der Waals surface area contributed by atoms with Gasteiger partial charge in [0, 0.05) is 18.3 Å². The number of likely N-dealkylation sites (N-methyl/N-ethyl adjacent to an activating group) is 1. The highest BCUT2D eigenvalue weighted by atomic mass is 16.2. The fraction of sp³-hybridized carbons (Fsp3) is 0.300. The molecule has 2 amide bonds. The number of para-hydroxylation sites is 1. The summed E-state index contributed by atoms with van der Waals surface area (Å²) in [5.41, 5.74) is 4.69. The zero-order valence-corrected chi connectivity index (χ0v) is 14.7. The highest BCUT2D eigenvalue weighted by Gasteiger charge is 2.16. The van der Waals surface area contributed by atoms with E-state index in [1.54, 1.807) is 13.1 Å². The second-order valence-corrected chi connectivity index (χ2v) is 6.02. The van der Waals surface area contributed by atoms with Gasteiger partial charge in [-0.15, -0.1) is 0 Å². The van der Waals surface area contributed by atoms with Crippen molar-refractivity contribution < 1.29 is 9.59 Å². The molecule has 2 aromatic carbocycles. The molecule has 2 aromatic rings. The number of benzene rings is 2. The van der Waals surface area contributed by atoms with Crippen molar-refractivity contribution in [2.45, 2.75) is 27.2 Å². The van der Waals surface area contributed by atoms with Gasteiger partial charge < -0.3 is 10.2 Å². The quantitative estimate of drug-likeness (QED) is 0.914. The molecule has 2 rings (SSSR count). The minimum atomic E-state index is -0.199. The first-order valence-electron chi connectivity index (χ1n) is 8.12. The third kappa shape index (κ3) is 4.22. The predicted octanol–water partition coefficient (Wildman–Crippen LogP) is 3.58. The Bertz CT molecular complexity index is 753. The second kappa shape index (κ2) is 7.77. The van der Waals surface area contributed by atoms with E-state index >= 15 is 0 Å². The molecule has 126 valence electrons. The van der Waals surface area contributed by atoms with Crippen molar-refractivity contribution in [2.24, 2.45) is 0 Å². The molecular formula is C20H24N2O2. The van der Waals surface area contributed by atoms with E-state index in [1.807, 2.05) is 57.2 Å². The smallest absolute Gasteiger partial charge is 0.254 e. The summed E-state index contributed by atoms with van der Waals surface area (Å²) in [4.78, 5) is 26.1. The highest BCUT2D eigenvalue weighted by molar-refractivity contribution is 5.99. The van der Waals surface area contributed by atoms with Crippen LogP contribution in [0.4, 0.5) is 5.69 Å². The van der Waals surface area contributed by atoms with Gasteiger partial charge in [-0.2, -0.15) is 0 Å². The number of hydrogen-bond acceptors (Lipinski definition) is 2. The molecule has 0 unspecified atom stereocenters. The molecule has 0 aliphatic rings. The van der Waals surface area contributed by atoms with Crippen LogP contribution in [0.2, 0.25) is 0 Å². The Labute approximate surface area is 143 Å². The fourth-order valence-electron chi connectivity index (χ4n) is 2.52. The van der Waals surface area contributed by atoms with Crippen LogP contribution >= 0.6 is 0 Å². The van der Waals surface area contributed by atoms with Crippen molar-refractivity contribution in [2.75, 3.05) is 18.9 Å². The maximum Gasteiger partial charge on any atom is 0.254 e. The Balaban J connectivity index is 2.02. The molecule has 0 aromatic heterocycles. The van der Waals surface area contributed by atoms with Gasteiger partial charge >= 0.3 is 0 Å². The number of hydrogen-bond donors (Lipinski definition) is 1. The van der Waals surface area contributed by atoms with E-state index in [4.69, 9.17) is 0 Å². The lowest BCUT2D eigenvalue weighted by molar-refractivity contribution is -0.116. The number of carbonyl (C=O) groups excluding carboxylic acids is 2. The summed E-state index contributed by atoms with van der Waals surface area (Å²) in [5, 5.41) is 2.89. The average molecular weight is 324 g/mol. The minimum absolute atomic E-state index is 0.0177. The van der Waals surface area contributed by atoms with Gasteiger partial charge in [0.1, 0.15) is 0 Å². The second-order valence-electron chi connectivity index (χ2n) is 6.02. The van der Waals surface area contributed by atoms with Crippen LogP contribution in [0.3, 0.4) is 0 Å². The average Bonchev–Trinajstić information content (AvgIpc) is 2.57. The van der Waals surface area contributed by atoms with Crippen LogP contribution in [0.25, 0.3) is 0 Å². The van der Waals surface area contributed by atoms with Crippen molar-refractivity contribution in [3.63, 3.8) is 0 Å². The molecule has 0 saturated carbocycles. The lowest BCUT2D eigenvalue weighted by Gasteiger charge is -2.18. The van der Waals surface area contributed by atoms with Gasteiger partial charge in [-0.3, -0.25) is 9.59 Å². The predicted molar refractivity (Wildman–Crippen MR) is 97.3 cm³/mol. The number of nitrogens with one attached hydrogen (secondary N) is 1. The van der Waals surface area contributed by atoms with E-state index in [2.05, 4.69) is 5.32 Å². The first-order valence-corrected chi connectivity index (χ1v) is 8.12. The maximum absolute atomic E-state index is 12.5. The first kappa shape index (κ1) is 17.7. The molecule has 0 heterocycles. The van der Waals surface area contributed by atoms with E-state index in [0.29, 0.717) is 5.56 Å². The van der Waals surface area contributed by atoms with Crippen LogP contribution in [0, 0.1) is 13.8 Å². The number of anilines is 1. The summed E-state index contributed by atoms with van der Waals surface area (Å²) in [7, 11) is 1.64. The van der Waals surface area contributed by atoms with E-state index in [9.17, 15) is 9.59 Å². The zero-order chi connectivity index (χ0) is 17.7. The van der Waals surface area contributed by atoms with Crippen LogP contribution in [-0.4, -0.2) is 30.3 Å². The van der Waals surface area contributed by atoms with Crippen LogP contribution in [0.1, 0.15) is 34.0 Å². The van der Waals surface area contributed by atoms with Gasteiger partial charge in [-0.25, -0.2) is 0 Å². The van der Waals surface area contributed by atoms with Crippen molar-refractivity contribution >= 4 is 17.5 Å². The van der Waals surface area contributed by atoms with Crippen LogP contribution < -0.4 is 5.32 Å². The van der Waals surface area contributed by atoms with E-state index in [0.717, 1.165) is 28.8 Å². The van der Waals surface area contributed by atoms with Gasteiger partial charge in [0.25, 0.3) is 5.91 Å². The maximum atomic E-state index is 12.5. The number of carbonyl (C=O) groups is 2.